The maximum absolute atomic E-state index is 5.53. The molecule has 1 heterocycles. The Hall–Kier alpha value is -0.580. The second kappa shape index (κ2) is 6.55. The van der Waals surface area contributed by atoms with Crippen molar-refractivity contribution in [2.75, 3.05) is 38.3 Å². The molecule has 0 saturated carbocycles. The van der Waals surface area contributed by atoms with Gasteiger partial charge in [-0.25, -0.2) is 0 Å². The first kappa shape index (κ1) is 13.8. The van der Waals surface area contributed by atoms with Gasteiger partial charge in [0.05, 0.1) is 6.61 Å². The highest BCUT2D eigenvalue weighted by Crippen LogP contribution is 2.30. The number of hydrogen-bond donors (Lipinski definition) is 1. The van der Waals surface area contributed by atoms with E-state index >= 15 is 0 Å². The van der Waals surface area contributed by atoms with Gasteiger partial charge in [0.2, 0.25) is 0 Å². The van der Waals surface area contributed by atoms with Gasteiger partial charge in [-0.15, -0.1) is 0 Å². The van der Waals surface area contributed by atoms with Gasteiger partial charge in [0.1, 0.15) is 0 Å². The van der Waals surface area contributed by atoms with Crippen molar-refractivity contribution >= 4 is 21.6 Å². The summed E-state index contributed by atoms with van der Waals surface area (Å²) in [6, 6.07) is 6.88. The average Bonchev–Trinajstić information content (AvgIpc) is 2.66. The standard InChI is InChI=1S/C14H21BrN2O/c1-11(16-2)13-10-12(15)4-5-14(13)17-6-3-8-18-9-7-17/h4-5,10-11,16H,3,6-9H2,1-2H3. The van der Waals surface area contributed by atoms with Crippen molar-refractivity contribution in [2.24, 2.45) is 0 Å². The molecule has 1 aromatic rings. The summed E-state index contributed by atoms with van der Waals surface area (Å²) in [7, 11) is 2.00. The van der Waals surface area contributed by atoms with E-state index in [1.54, 1.807) is 0 Å². The van der Waals surface area contributed by atoms with Crippen LogP contribution in [0, 0.1) is 0 Å². The largest absolute Gasteiger partial charge is 0.380 e. The Labute approximate surface area is 118 Å². The Balaban J connectivity index is 2.29. The second-order valence-corrected chi connectivity index (χ2v) is 5.58. The molecule has 1 fully saturated rings. The molecule has 0 aliphatic carbocycles. The Morgan fingerprint density at radius 2 is 2.17 bits per heavy atom. The van der Waals surface area contributed by atoms with Gasteiger partial charge in [0.25, 0.3) is 0 Å². The summed E-state index contributed by atoms with van der Waals surface area (Å²) in [5.74, 6) is 0. The van der Waals surface area contributed by atoms with Crippen LogP contribution in [-0.2, 0) is 4.74 Å². The van der Waals surface area contributed by atoms with E-state index in [0.29, 0.717) is 6.04 Å². The van der Waals surface area contributed by atoms with Crippen molar-refractivity contribution in [1.82, 2.24) is 5.32 Å². The average molecular weight is 313 g/mol. The smallest absolute Gasteiger partial charge is 0.0641 e. The molecule has 4 heteroatoms. The van der Waals surface area contributed by atoms with E-state index in [2.05, 4.69) is 51.3 Å². The highest BCUT2D eigenvalue weighted by atomic mass is 79.9. The molecule has 3 nitrogen and oxygen atoms in total. The lowest BCUT2D eigenvalue weighted by Crippen LogP contribution is -2.28. The third-order valence-corrected chi connectivity index (χ3v) is 3.95. The molecule has 1 N–H and O–H groups in total. The zero-order valence-electron chi connectivity index (χ0n) is 11.1. The molecule has 100 valence electrons. The van der Waals surface area contributed by atoms with E-state index in [4.69, 9.17) is 4.74 Å². The van der Waals surface area contributed by atoms with Gasteiger partial charge in [0, 0.05) is 35.9 Å². The molecule has 18 heavy (non-hydrogen) atoms. The predicted octanol–water partition coefficient (Wildman–Crippen LogP) is 2.96. The topological polar surface area (TPSA) is 24.5 Å². The molecule has 0 radical (unpaired) electrons. The normalized spacial score (nSPS) is 18.5. The van der Waals surface area contributed by atoms with Crippen molar-refractivity contribution in [2.45, 2.75) is 19.4 Å². The Bertz CT molecular complexity index is 389. The number of anilines is 1. The maximum Gasteiger partial charge on any atom is 0.0641 e. The van der Waals surface area contributed by atoms with E-state index in [1.165, 1.54) is 11.3 Å². The highest BCUT2D eigenvalue weighted by Gasteiger charge is 2.16. The number of nitrogens with one attached hydrogen (secondary N) is 1. The number of ether oxygens (including phenoxy) is 1. The van der Waals surface area contributed by atoms with Gasteiger partial charge in [-0.2, -0.15) is 0 Å². The van der Waals surface area contributed by atoms with E-state index in [9.17, 15) is 0 Å². The fourth-order valence-corrected chi connectivity index (χ4v) is 2.68. The summed E-state index contributed by atoms with van der Waals surface area (Å²) >= 11 is 3.56. The number of nitrogens with zero attached hydrogens (tertiary/aromatic N) is 1. The lowest BCUT2D eigenvalue weighted by atomic mass is 10.1. The Morgan fingerprint density at radius 3 is 2.94 bits per heavy atom. The van der Waals surface area contributed by atoms with Gasteiger partial charge in [-0.1, -0.05) is 15.9 Å². The third-order valence-electron chi connectivity index (χ3n) is 3.45. The summed E-state index contributed by atoms with van der Waals surface area (Å²) in [5.41, 5.74) is 2.67. The Kier molecular flexibility index (Phi) is 5.03. The second-order valence-electron chi connectivity index (χ2n) is 4.67. The van der Waals surface area contributed by atoms with Gasteiger partial charge >= 0.3 is 0 Å². The summed E-state index contributed by atoms with van der Waals surface area (Å²) in [6.45, 7) is 5.95. The number of benzene rings is 1. The van der Waals surface area contributed by atoms with Gasteiger partial charge in [0.15, 0.2) is 0 Å². The first-order valence-corrected chi connectivity index (χ1v) is 7.31. The number of rotatable bonds is 3. The molecule has 1 aliphatic heterocycles. The molecule has 1 saturated heterocycles. The summed E-state index contributed by atoms with van der Waals surface area (Å²) in [5, 5.41) is 3.32. The lowest BCUT2D eigenvalue weighted by Gasteiger charge is -2.27. The van der Waals surface area contributed by atoms with Crippen LogP contribution < -0.4 is 10.2 Å². The summed E-state index contributed by atoms with van der Waals surface area (Å²) in [4.78, 5) is 2.43. The molecule has 1 aromatic carbocycles. The number of halogens is 1. The van der Waals surface area contributed by atoms with Crippen molar-refractivity contribution in [1.29, 1.82) is 0 Å². The monoisotopic (exact) mass is 312 g/mol. The van der Waals surface area contributed by atoms with Crippen molar-refractivity contribution < 1.29 is 4.74 Å². The molecule has 1 unspecified atom stereocenters. The molecule has 1 atom stereocenters. The third kappa shape index (κ3) is 3.25. The van der Waals surface area contributed by atoms with Crippen LogP contribution in [0.25, 0.3) is 0 Å². The Morgan fingerprint density at radius 1 is 1.33 bits per heavy atom. The first-order valence-electron chi connectivity index (χ1n) is 6.52. The minimum Gasteiger partial charge on any atom is -0.380 e. The van der Waals surface area contributed by atoms with Crippen LogP contribution >= 0.6 is 15.9 Å². The van der Waals surface area contributed by atoms with Gasteiger partial charge in [-0.05, 0) is 44.2 Å². The van der Waals surface area contributed by atoms with Crippen LogP contribution in [0.4, 0.5) is 5.69 Å². The van der Waals surface area contributed by atoms with Crippen molar-refractivity contribution in [3.8, 4) is 0 Å². The van der Waals surface area contributed by atoms with E-state index < -0.39 is 0 Å². The molecular weight excluding hydrogens is 292 g/mol. The minimum absolute atomic E-state index is 0.349. The van der Waals surface area contributed by atoms with Crippen LogP contribution in [0.15, 0.2) is 22.7 Å². The van der Waals surface area contributed by atoms with Crippen LogP contribution in [0.5, 0.6) is 0 Å². The molecule has 0 bridgehead atoms. The fourth-order valence-electron chi connectivity index (χ4n) is 2.30. The molecular formula is C14H21BrN2O. The van der Waals surface area contributed by atoms with E-state index in [0.717, 1.165) is 37.2 Å². The maximum atomic E-state index is 5.53. The highest BCUT2D eigenvalue weighted by molar-refractivity contribution is 9.10. The van der Waals surface area contributed by atoms with Crippen LogP contribution in [0.3, 0.4) is 0 Å². The van der Waals surface area contributed by atoms with E-state index in [-0.39, 0.29) is 0 Å². The molecule has 1 aliphatic rings. The molecule has 0 spiro atoms. The van der Waals surface area contributed by atoms with Crippen LogP contribution in [0.1, 0.15) is 24.9 Å². The zero-order valence-corrected chi connectivity index (χ0v) is 12.7. The van der Waals surface area contributed by atoms with Crippen LogP contribution in [-0.4, -0.2) is 33.4 Å². The van der Waals surface area contributed by atoms with Gasteiger partial charge < -0.3 is 15.0 Å². The molecule has 0 amide bonds. The lowest BCUT2D eigenvalue weighted by molar-refractivity contribution is 0.152. The van der Waals surface area contributed by atoms with Gasteiger partial charge in [-0.3, -0.25) is 0 Å². The SMILES string of the molecule is CNC(C)c1cc(Br)ccc1N1CCCOCC1. The van der Waals surface area contributed by atoms with E-state index in [1.807, 2.05) is 7.05 Å². The zero-order chi connectivity index (χ0) is 13.0. The number of hydrogen-bond acceptors (Lipinski definition) is 3. The predicted molar refractivity (Wildman–Crippen MR) is 79.3 cm³/mol. The van der Waals surface area contributed by atoms with Crippen molar-refractivity contribution in [3.05, 3.63) is 28.2 Å². The quantitative estimate of drug-likeness (QED) is 0.928. The first-order chi connectivity index (χ1) is 8.72. The fraction of sp³-hybridized carbons (Fsp3) is 0.571. The molecule has 2 rings (SSSR count). The minimum atomic E-state index is 0.349. The summed E-state index contributed by atoms with van der Waals surface area (Å²) < 4.78 is 6.66. The summed E-state index contributed by atoms with van der Waals surface area (Å²) in [6.07, 6.45) is 1.10. The van der Waals surface area contributed by atoms with Crippen LogP contribution in [0.2, 0.25) is 0 Å². The van der Waals surface area contributed by atoms with Crippen molar-refractivity contribution in [3.63, 3.8) is 0 Å². The molecule has 0 aromatic heterocycles.